The first kappa shape index (κ1) is 15.9. The lowest BCUT2D eigenvalue weighted by Crippen LogP contribution is -2.12. The average Bonchev–Trinajstić information content (AvgIpc) is 2.56. The molecule has 116 valence electrons. The number of nitrogens with two attached hydrogens (primary N) is 1. The van der Waals surface area contributed by atoms with E-state index in [1.165, 1.54) is 0 Å². The van der Waals surface area contributed by atoms with Crippen LogP contribution in [0.15, 0.2) is 42.5 Å². The van der Waals surface area contributed by atoms with Crippen molar-refractivity contribution >= 4 is 11.5 Å². The predicted octanol–water partition coefficient (Wildman–Crippen LogP) is 3.00. The molecule has 2 aromatic rings. The summed E-state index contributed by atoms with van der Waals surface area (Å²) in [6.45, 7) is 4.66. The molecule has 0 spiro atoms. The van der Waals surface area contributed by atoms with Crippen LogP contribution in [0, 0.1) is 0 Å². The van der Waals surface area contributed by atoms with Gasteiger partial charge in [0.15, 0.2) is 5.78 Å². The molecule has 5 nitrogen and oxygen atoms in total. The van der Waals surface area contributed by atoms with Crippen molar-refractivity contribution in [3.8, 4) is 11.5 Å². The SMILES string of the molecule is CCOc1cc(C(=O)c2ccccc2)c(OCC)cc1NN. The van der Waals surface area contributed by atoms with Crippen molar-refractivity contribution in [3.63, 3.8) is 0 Å². The minimum atomic E-state index is -0.117. The molecule has 3 N–H and O–H groups in total. The molecule has 22 heavy (non-hydrogen) atoms. The van der Waals surface area contributed by atoms with Gasteiger partial charge >= 0.3 is 0 Å². The first-order valence-corrected chi connectivity index (χ1v) is 7.21. The van der Waals surface area contributed by atoms with Crippen LogP contribution in [-0.2, 0) is 0 Å². The zero-order valence-electron chi connectivity index (χ0n) is 12.8. The molecule has 0 atom stereocenters. The van der Waals surface area contributed by atoms with Gasteiger partial charge in [0.05, 0.1) is 24.5 Å². The second-order valence-electron chi connectivity index (χ2n) is 4.55. The van der Waals surface area contributed by atoms with E-state index in [2.05, 4.69) is 5.43 Å². The Kier molecular flexibility index (Phi) is 5.38. The van der Waals surface area contributed by atoms with E-state index in [1.54, 1.807) is 24.3 Å². The van der Waals surface area contributed by atoms with Crippen LogP contribution in [-0.4, -0.2) is 19.0 Å². The first-order chi connectivity index (χ1) is 10.7. The van der Waals surface area contributed by atoms with Crippen LogP contribution in [0.2, 0.25) is 0 Å². The van der Waals surface area contributed by atoms with Gasteiger partial charge in [-0.05, 0) is 19.9 Å². The highest BCUT2D eigenvalue weighted by Crippen LogP contribution is 2.34. The molecule has 0 heterocycles. The maximum Gasteiger partial charge on any atom is 0.196 e. The summed E-state index contributed by atoms with van der Waals surface area (Å²) in [5, 5.41) is 0. The lowest BCUT2D eigenvalue weighted by Gasteiger charge is -2.15. The molecule has 0 bridgehead atoms. The lowest BCUT2D eigenvalue weighted by molar-refractivity contribution is 0.103. The topological polar surface area (TPSA) is 73.6 Å². The van der Waals surface area contributed by atoms with Gasteiger partial charge in [-0.3, -0.25) is 10.6 Å². The Bertz CT molecular complexity index is 642. The molecular formula is C17H20N2O3. The maximum absolute atomic E-state index is 12.7. The number of hydrogen-bond donors (Lipinski definition) is 2. The van der Waals surface area contributed by atoms with Crippen molar-refractivity contribution in [2.45, 2.75) is 13.8 Å². The fourth-order valence-electron chi connectivity index (χ4n) is 2.15. The number of hydrogen-bond acceptors (Lipinski definition) is 5. The summed E-state index contributed by atoms with van der Waals surface area (Å²) in [6.07, 6.45) is 0. The minimum absolute atomic E-state index is 0.117. The highest BCUT2D eigenvalue weighted by atomic mass is 16.5. The van der Waals surface area contributed by atoms with Crippen LogP contribution < -0.4 is 20.7 Å². The predicted molar refractivity (Wildman–Crippen MR) is 86.5 cm³/mol. The number of carbonyl (C=O) groups excluding carboxylic acids is 1. The lowest BCUT2D eigenvalue weighted by atomic mass is 10.0. The Labute approximate surface area is 130 Å². The number of nitrogen functional groups attached to an aromatic ring is 1. The summed E-state index contributed by atoms with van der Waals surface area (Å²) < 4.78 is 11.1. The van der Waals surface area contributed by atoms with E-state index in [0.717, 1.165) is 0 Å². The summed E-state index contributed by atoms with van der Waals surface area (Å²) in [6, 6.07) is 12.4. The molecule has 2 aromatic carbocycles. The highest BCUT2D eigenvalue weighted by Gasteiger charge is 2.18. The van der Waals surface area contributed by atoms with Gasteiger partial charge in [-0.2, -0.15) is 0 Å². The molecule has 0 saturated heterocycles. The summed E-state index contributed by atoms with van der Waals surface area (Å²) in [7, 11) is 0. The van der Waals surface area contributed by atoms with Gasteiger partial charge in [0.1, 0.15) is 11.5 Å². The zero-order valence-corrected chi connectivity index (χ0v) is 12.8. The number of ether oxygens (including phenoxy) is 2. The van der Waals surface area contributed by atoms with Crippen molar-refractivity contribution in [2.24, 2.45) is 5.84 Å². The Morgan fingerprint density at radius 2 is 1.68 bits per heavy atom. The second-order valence-corrected chi connectivity index (χ2v) is 4.55. The number of benzene rings is 2. The van der Waals surface area contributed by atoms with Crippen LogP contribution in [0.4, 0.5) is 5.69 Å². The molecule has 0 unspecified atom stereocenters. The Morgan fingerprint density at radius 1 is 1.05 bits per heavy atom. The normalized spacial score (nSPS) is 10.1. The molecule has 0 aliphatic rings. The van der Waals surface area contributed by atoms with Gasteiger partial charge in [-0.1, -0.05) is 30.3 Å². The molecule has 0 aromatic heterocycles. The number of hydrazine groups is 1. The molecule has 0 fully saturated rings. The van der Waals surface area contributed by atoms with E-state index in [1.807, 2.05) is 32.0 Å². The maximum atomic E-state index is 12.7. The van der Waals surface area contributed by atoms with Crippen LogP contribution in [0.25, 0.3) is 0 Å². The van der Waals surface area contributed by atoms with Crippen LogP contribution in [0.1, 0.15) is 29.8 Å². The van der Waals surface area contributed by atoms with E-state index in [0.29, 0.717) is 41.5 Å². The van der Waals surface area contributed by atoms with Gasteiger partial charge in [-0.25, -0.2) is 0 Å². The van der Waals surface area contributed by atoms with Crippen molar-refractivity contribution in [1.29, 1.82) is 0 Å². The molecule has 5 heteroatoms. The molecule has 0 radical (unpaired) electrons. The summed E-state index contributed by atoms with van der Waals surface area (Å²) in [5.74, 6) is 6.40. The Balaban J connectivity index is 2.51. The summed E-state index contributed by atoms with van der Waals surface area (Å²) in [5.41, 5.74) is 4.20. The van der Waals surface area contributed by atoms with E-state index in [9.17, 15) is 4.79 Å². The number of rotatable bonds is 7. The quantitative estimate of drug-likeness (QED) is 0.467. The van der Waals surface area contributed by atoms with E-state index in [4.69, 9.17) is 15.3 Å². The standard InChI is InChI=1S/C17H20N2O3/c1-3-21-15-11-14(19-18)16(22-4-2)10-13(15)17(20)12-8-6-5-7-9-12/h5-11,19H,3-4,18H2,1-2H3. The molecular weight excluding hydrogens is 280 g/mol. The van der Waals surface area contributed by atoms with Crippen LogP contribution in [0.3, 0.4) is 0 Å². The number of nitrogens with one attached hydrogen (secondary N) is 1. The molecule has 0 saturated carbocycles. The van der Waals surface area contributed by atoms with Crippen LogP contribution in [0.5, 0.6) is 11.5 Å². The molecule has 0 aliphatic carbocycles. The third kappa shape index (κ3) is 3.38. The Hall–Kier alpha value is -2.53. The fraction of sp³-hybridized carbons (Fsp3) is 0.235. The number of anilines is 1. The number of ketones is 1. The zero-order chi connectivity index (χ0) is 15.9. The Morgan fingerprint density at radius 3 is 2.27 bits per heavy atom. The van der Waals surface area contributed by atoms with E-state index < -0.39 is 0 Å². The van der Waals surface area contributed by atoms with E-state index in [-0.39, 0.29) is 5.78 Å². The van der Waals surface area contributed by atoms with Gasteiger partial charge < -0.3 is 14.9 Å². The first-order valence-electron chi connectivity index (χ1n) is 7.21. The van der Waals surface area contributed by atoms with Crippen LogP contribution >= 0.6 is 0 Å². The highest BCUT2D eigenvalue weighted by molar-refractivity contribution is 6.11. The molecule has 2 rings (SSSR count). The van der Waals surface area contributed by atoms with Crippen molar-refractivity contribution in [3.05, 3.63) is 53.6 Å². The van der Waals surface area contributed by atoms with Gasteiger partial charge in [0.2, 0.25) is 0 Å². The van der Waals surface area contributed by atoms with Gasteiger partial charge in [0.25, 0.3) is 0 Å². The minimum Gasteiger partial charge on any atom is -0.493 e. The molecule has 0 amide bonds. The largest absolute Gasteiger partial charge is 0.493 e. The third-order valence-electron chi connectivity index (χ3n) is 3.12. The monoisotopic (exact) mass is 300 g/mol. The smallest absolute Gasteiger partial charge is 0.196 e. The van der Waals surface area contributed by atoms with E-state index >= 15 is 0 Å². The average molecular weight is 300 g/mol. The molecule has 0 aliphatic heterocycles. The van der Waals surface area contributed by atoms with Gasteiger partial charge in [-0.15, -0.1) is 0 Å². The number of carbonyl (C=O) groups is 1. The second kappa shape index (κ2) is 7.47. The van der Waals surface area contributed by atoms with Crippen molar-refractivity contribution < 1.29 is 14.3 Å². The van der Waals surface area contributed by atoms with Crippen molar-refractivity contribution in [2.75, 3.05) is 18.6 Å². The summed E-state index contributed by atoms with van der Waals surface area (Å²) >= 11 is 0. The summed E-state index contributed by atoms with van der Waals surface area (Å²) in [4.78, 5) is 12.7. The third-order valence-corrected chi connectivity index (χ3v) is 3.12. The fourth-order valence-corrected chi connectivity index (χ4v) is 2.15. The van der Waals surface area contributed by atoms with Crippen molar-refractivity contribution in [1.82, 2.24) is 0 Å². The van der Waals surface area contributed by atoms with Gasteiger partial charge in [0, 0.05) is 11.6 Å².